The number of aliphatic hydroxyl groups is 1. The third-order valence-electron chi connectivity index (χ3n) is 3.16. The van der Waals surface area contributed by atoms with Gasteiger partial charge in [0.25, 0.3) is 0 Å². The second-order valence-electron chi connectivity index (χ2n) is 5.02. The van der Waals surface area contributed by atoms with E-state index in [1.54, 1.807) is 0 Å². The van der Waals surface area contributed by atoms with E-state index in [4.69, 9.17) is 5.11 Å². The van der Waals surface area contributed by atoms with Crippen LogP contribution in [0.2, 0.25) is 0 Å². The summed E-state index contributed by atoms with van der Waals surface area (Å²) in [6.07, 6.45) is 0. The smallest absolute Gasteiger partial charge is 0.243 e. The third kappa shape index (κ3) is 4.70. The zero-order valence-corrected chi connectivity index (χ0v) is 13.0. The molecule has 0 saturated carbocycles. The molecule has 8 heteroatoms. The van der Waals surface area contributed by atoms with Crippen LogP contribution >= 0.6 is 0 Å². The van der Waals surface area contributed by atoms with E-state index in [1.165, 1.54) is 0 Å². The fourth-order valence-corrected chi connectivity index (χ4v) is 2.75. The minimum Gasteiger partial charge on any atom is -0.392 e. The predicted octanol–water partition coefficient (Wildman–Crippen LogP) is 1.08. The molecule has 0 radical (unpaired) electrons. The van der Waals surface area contributed by atoms with Crippen LogP contribution in [0, 0.1) is 11.6 Å². The Morgan fingerprint density at radius 3 is 2.48 bits per heavy atom. The lowest BCUT2D eigenvalue weighted by molar-refractivity contribution is 0.278. The van der Waals surface area contributed by atoms with Crippen molar-refractivity contribution in [2.24, 2.45) is 0 Å². The van der Waals surface area contributed by atoms with Crippen LogP contribution < -0.4 is 4.72 Å². The van der Waals surface area contributed by atoms with Crippen molar-refractivity contribution in [1.82, 2.24) is 9.62 Å². The van der Waals surface area contributed by atoms with Gasteiger partial charge in [0.1, 0.15) is 4.90 Å². The first kappa shape index (κ1) is 18.0. The van der Waals surface area contributed by atoms with Gasteiger partial charge in [-0.3, -0.25) is 0 Å². The third-order valence-corrected chi connectivity index (χ3v) is 4.63. The van der Waals surface area contributed by atoms with Crippen LogP contribution in [-0.4, -0.2) is 44.6 Å². The minimum absolute atomic E-state index is 0.00595. The summed E-state index contributed by atoms with van der Waals surface area (Å²) in [6, 6.07) is 1.93. The normalized spacial score (nSPS) is 12.4. The Morgan fingerprint density at radius 1 is 1.33 bits per heavy atom. The van der Waals surface area contributed by atoms with Crippen molar-refractivity contribution in [2.75, 3.05) is 20.1 Å². The molecule has 0 fully saturated rings. The van der Waals surface area contributed by atoms with E-state index in [0.29, 0.717) is 6.54 Å². The fraction of sp³-hybridized carbons (Fsp3) is 0.538. The lowest BCUT2D eigenvalue weighted by Crippen LogP contribution is -2.36. The van der Waals surface area contributed by atoms with Gasteiger partial charge in [0.15, 0.2) is 11.6 Å². The van der Waals surface area contributed by atoms with Gasteiger partial charge in [-0.25, -0.2) is 21.9 Å². The van der Waals surface area contributed by atoms with Gasteiger partial charge in [-0.2, -0.15) is 0 Å². The number of aliphatic hydroxyl groups excluding tert-OH is 1. The first-order valence-electron chi connectivity index (χ1n) is 6.47. The molecule has 0 atom stereocenters. The van der Waals surface area contributed by atoms with Crippen molar-refractivity contribution in [1.29, 1.82) is 0 Å². The summed E-state index contributed by atoms with van der Waals surface area (Å²) in [5.74, 6) is -2.75. The summed E-state index contributed by atoms with van der Waals surface area (Å²) >= 11 is 0. The zero-order chi connectivity index (χ0) is 16.2. The van der Waals surface area contributed by atoms with E-state index in [-0.39, 0.29) is 18.2 Å². The molecule has 0 spiro atoms. The number of sulfonamides is 1. The number of nitrogens with zero attached hydrogens (tertiary/aromatic N) is 1. The van der Waals surface area contributed by atoms with E-state index >= 15 is 0 Å². The number of likely N-dealkylation sites (N-methyl/N-ethyl adjacent to an activating group) is 1. The molecule has 0 saturated heterocycles. The van der Waals surface area contributed by atoms with Gasteiger partial charge < -0.3 is 10.0 Å². The maximum Gasteiger partial charge on any atom is 0.243 e. The molecular weight excluding hydrogens is 302 g/mol. The fourth-order valence-electron chi connectivity index (χ4n) is 1.60. The minimum atomic E-state index is -4.17. The van der Waals surface area contributed by atoms with Gasteiger partial charge in [0, 0.05) is 19.1 Å². The quantitative estimate of drug-likeness (QED) is 0.788. The Morgan fingerprint density at radius 2 is 1.95 bits per heavy atom. The van der Waals surface area contributed by atoms with Crippen LogP contribution in [-0.2, 0) is 16.6 Å². The molecule has 0 aliphatic carbocycles. The Labute approximate surface area is 123 Å². The van der Waals surface area contributed by atoms with Crippen LogP contribution in [0.25, 0.3) is 0 Å². The second kappa shape index (κ2) is 7.26. The molecule has 0 aromatic heterocycles. The number of hydrogen-bond donors (Lipinski definition) is 2. The van der Waals surface area contributed by atoms with E-state index < -0.39 is 33.2 Å². The lowest BCUT2D eigenvalue weighted by atomic mass is 10.2. The van der Waals surface area contributed by atoms with Crippen molar-refractivity contribution >= 4 is 10.0 Å². The molecule has 1 aromatic carbocycles. The molecule has 120 valence electrons. The number of hydrogen-bond acceptors (Lipinski definition) is 4. The van der Waals surface area contributed by atoms with Crippen molar-refractivity contribution in [3.63, 3.8) is 0 Å². The summed E-state index contributed by atoms with van der Waals surface area (Å²) in [5, 5.41) is 8.94. The molecule has 1 aromatic rings. The molecule has 0 aliphatic rings. The summed E-state index contributed by atoms with van der Waals surface area (Å²) in [7, 11) is -2.35. The molecular formula is C13H20F2N2O3S. The molecule has 0 aliphatic heterocycles. The van der Waals surface area contributed by atoms with Crippen molar-refractivity contribution in [2.45, 2.75) is 31.4 Å². The Hall–Kier alpha value is -1.09. The number of nitrogens with one attached hydrogen (secondary N) is 1. The number of rotatable bonds is 7. The van der Waals surface area contributed by atoms with Crippen LogP contribution in [0.15, 0.2) is 17.0 Å². The van der Waals surface area contributed by atoms with Crippen LogP contribution in [0.4, 0.5) is 8.78 Å². The highest BCUT2D eigenvalue weighted by atomic mass is 32.2. The van der Waals surface area contributed by atoms with E-state index in [2.05, 4.69) is 4.72 Å². The van der Waals surface area contributed by atoms with Crippen LogP contribution in [0.5, 0.6) is 0 Å². The maximum absolute atomic E-state index is 13.6. The lowest BCUT2D eigenvalue weighted by Gasteiger charge is -2.21. The van der Waals surface area contributed by atoms with Gasteiger partial charge in [0.05, 0.1) is 6.61 Å². The average Bonchev–Trinajstić information content (AvgIpc) is 2.40. The number of halogens is 2. The van der Waals surface area contributed by atoms with Crippen molar-refractivity contribution in [3.8, 4) is 0 Å². The van der Waals surface area contributed by atoms with Gasteiger partial charge in [-0.1, -0.05) is 0 Å². The van der Waals surface area contributed by atoms with E-state index in [0.717, 1.165) is 12.1 Å². The standard InChI is InChI=1S/C13H20F2N2O3S/c1-9(2)17(3)5-4-16-21(19,20)12-7-10(8-18)6-11(14)13(12)15/h6-7,9,16,18H,4-5,8H2,1-3H3. The maximum atomic E-state index is 13.6. The summed E-state index contributed by atoms with van der Waals surface area (Å²) in [6.45, 7) is 3.83. The molecule has 1 rings (SSSR count). The monoisotopic (exact) mass is 322 g/mol. The van der Waals surface area contributed by atoms with Gasteiger partial charge in [0.2, 0.25) is 10.0 Å². The highest BCUT2D eigenvalue weighted by Crippen LogP contribution is 2.19. The van der Waals surface area contributed by atoms with Gasteiger partial charge in [-0.05, 0) is 38.6 Å². The van der Waals surface area contributed by atoms with E-state index in [9.17, 15) is 17.2 Å². The SMILES string of the molecule is CC(C)N(C)CCNS(=O)(=O)c1cc(CO)cc(F)c1F. The summed E-state index contributed by atoms with van der Waals surface area (Å²) in [5.41, 5.74) is -0.00595. The van der Waals surface area contributed by atoms with Crippen LogP contribution in [0.1, 0.15) is 19.4 Å². The van der Waals surface area contributed by atoms with Crippen molar-refractivity contribution < 1.29 is 22.3 Å². The first-order valence-corrected chi connectivity index (χ1v) is 7.96. The topological polar surface area (TPSA) is 69.6 Å². The average molecular weight is 322 g/mol. The highest BCUT2D eigenvalue weighted by Gasteiger charge is 2.22. The Bertz CT molecular complexity index is 591. The first-order chi connectivity index (χ1) is 9.69. The van der Waals surface area contributed by atoms with E-state index in [1.807, 2.05) is 25.8 Å². The number of benzene rings is 1. The predicted molar refractivity (Wildman–Crippen MR) is 75.2 cm³/mol. The molecule has 2 N–H and O–H groups in total. The summed E-state index contributed by atoms with van der Waals surface area (Å²) in [4.78, 5) is 1.11. The molecule has 0 heterocycles. The van der Waals surface area contributed by atoms with Crippen molar-refractivity contribution in [3.05, 3.63) is 29.3 Å². The summed E-state index contributed by atoms with van der Waals surface area (Å²) < 4.78 is 53.2. The second-order valence-corrected chi connectivity index (χ2v) is 6.76. The zero-order valence-electron chi connectivity index (χ0n) is 12.2. The molecule has 21 heavy (non-hydrogen) atoms. The van der Waals surface area contributed by atoms with Gasteiger partial charge in [-0.15, -0.1) is 0 Å². The molecule has 5 nitrogen and oxygen atoms in total. The molecule has 0 unspecified atom stereocenters. The Kier molecular flexibility index (Phi) is 6.21. The Balaban J connectivity index is 2.91. The largest absolute Gasteiger partial charge is 0.392 e. The highest BCUT2D eigenvalue weighted by molar-refractivity contribution is 7.89. The van der Waals surface area contributed by atoms with Gasteiger partial charge >= 0.3 is 0 Å². The molecule has 0 amide bonds. The molecule has 0 bridgehead atoms. The van der Waals surface area contributed by atoms with Crippen LogP contribution in [0.3, 0.4) is 0 Å².